The molecule has 0 radical (unpaired) electrons. The zero-order valence-corrected chi connectivity index (χ0v) is 26.9. The zero-order chi connectivity index (χ0) is 32.1. The van der Waals surface area contributed by atoms with Crippen molar-refractivity contribution < 1.29 is 0 Å². The minimum atomic E-state index is 1.08. The molecule has 0 spiro atoms. The van der Waals surface area contributed by atoms with Gasteiger partial charge in [0.1, 0.15) is 0 Å². The molecule has 1 aliphatic carbocycles. The van der Waals surface area contributed by atoms with E-state index in [0.29, 0.717) is 0 Å². The lowest BCUT2D eigenvalue weighted by atomic mass is 9.82. The van der Waals surface area contributed by atoms with Crippen molar-refractivity contribution in [2.45, 2.75) is 12.8 Å². The van der Waals surface area contributed by atoms with Gasteiger partial charge in [-0.3, -0.25) is 0 Å². The number of para-hydroxylation sites is 1. The molecule has 1 nitrogen and oxygen atoms in total. The van der Waals surface area contributed by atoms with E-state index in [-0.39, 0.29) is 0 Å². The fraction of sp³-hybridized carbons (Fsp3) is 0.0417. The van der Waals surface area contributed by atoms with Gasteiger partial charge in [0.25, 0.3) is 0 Å². The minimum absolute atomic E-state index is 1.08. The van der Waals surface area contributed by atoms with Crippen molar-refractivity contribution in [2.24, 2.45) is 0 Å². The Kier molecular flexibility index (Phi) is 5.57. The first-order valence-corrected chi connectivity index (χ1v) is 17.3. The van der Waals surface area contributed by atoms with Crippen LogP contribution in [0.25, 0.3) is 98.6 Å². The predicted molar refractivity (Wildman–Crippen MR) is 211 cm³/mol. The first-order valence-electron chi connectivity index (χ1n) is 17.3. The Balaban J connectivity index is 1.28. The van der Waals surface area contributed by atoms with Gasteiger partial charge < -0.3 is 4.57 Å². The second kappa shape index (κ2) is 10.2. The van der Waals surface area contributed by atoms with Gasteiger partial charge in [0, 0.05) is 16.2 Å². The molecular weight excluding hydrogens is 591 g/mol. The van der Waals surface area contributed by atoms with Crippen molar-refractivity contribution in [2.75, 3.05) is 0 Å². The maximum Gasteiger partial charge on any atom is 0.0547 e. The van der Waals surface area contributed by atoms with E-state index in [1.54, 1.807) is 0 Å². The number of benzene rings is 9. The molecule has 0 atom stereocenters. The highest BCUT2D eigenvalue weighted by Crippen LogP contribution is 2.46. The van der Waals surface area contributed by atoms with Crippen LogP contribution in [0.1, 0.15) is 17.5 Å². The summed E-state index contributed by atoms with van der Waals surface area (Å²) >= 11 is 0. The summed E-state index contributed by atoms with van der Waals surface area (Å²) in [6.07, 6.45) is 6.92. The lowest BCUT2D eigenvalue weighted by Gasteiger charge is -2.21. The van der Waals surface area contributed by atoms with E-state index in [0.717, 1.165) is 12.8 Å². The molecule has 10 aromatic rings. The summed E-state index contributed by atoms with van der Waals surface area (Å²) < 4.78 is 2.46. The normalized spacial score (nSPS) is 13.1. The first-order chi connectivity index (χ1) is 24.3. The number of nitrogens with zero attached hydrogens (tertiary/aromatic N) is 1. The van der Waals surface area contributed by atoms with Gasteiger partial charge in [-0.1, -0.05) is 140 Å². The summed E-state index contributed by atoms with van der Waals surface area (Å²) in [6.45, 7) is 0. The topological polar surface area (TPSA) is 4.93 Å². The smallest absolute Gasteiger partial charge is 0.0547 e. The van der Waals surface area contributed by atoms with E-state index >= 15 is 0 Å². The lowest BCUT2D eigenvalue weighted by molar-refractivity contribution is 1.00. The molecule has 0 saturated heterocycles. The number of rotatable bonds is 2. The summed E-state index contributed by atoms with van der Waals surface area (Å²) in [4.78, 5) is 0. The van der Waals surface area contributed by atoms with Gasteiger partial charge in [-0.15, -0.1) is 0 Å². The zero-order valence-electron chi connectivity index (χ0n) is 26.9. The molecule has 1 aliphatic rings. The number of aromatic nitrogens is 1. The van der Waals surface area contributed by atoms with Crippen LogP contribution in [0.3, 0.4) is 0 Å². The molecule has 228 valence electrons. The number of fused-ring (bicyclic) bond motifs is 15. The van der Waals surface area contributed by atoms with Gasteiger partial charge in [0.15, 0.2) is 0 Å². The van der Waals surface area contributed by atoms with E-state index in [2.05, 4.69) is 168 Å². The summed E-state index contributed by atoms with van der Waals surface area (Å²) in [5, 5.41) is 15.8. The van der Waals surface area contributed by atoms with Crippen LogP contribution in [0, 0.1) is 0 Å². The molecule has 0 N–H and O–H groups in total. The molecule has 9 aromatic carbocycles. The molecule has 0 bridgehead atoms. The van der Waals surface area contributed by atoms with E-state index < -0.39 is 0 Å². The van der Waals surface area contributed by atoms with Crippen molar-refractivity contribution in [3.05, 3.63) is 169 Å². The summed E-state index contributed by atoms with van der Waals surface area (Å²) in [5.74, 6) is 0. The maximum absolute atomic E-state index is 2.48. The molecule has 0 fully saturated rings. The second-order valence-corrected chi connectivity index (χ2v) is 13.5. The Morgan fingerprint density at radius 3 is 1.96 bits per heavy atom. The molecule has 49 heavy (non-hydrogen) atoms. The Hall–Kier alpha value is -6.18. The van der Waals surface area contributed by atoms with Crippen molar-refractivity contribution in [1.82, 2.24) is 4.57 Å². The SMILES string of the molecule is C1=Cc2c(c3ccccc3c3c4cc(-c5cccc6c5c5ccccc5n6-c5cccc6ccccc56)ccc4c4ccccc4c23)CC1. The largest absolute Gasteiger partial charge is 0.309 e. The van der Waals surface area contributed by atoms with Crippen LogP contribution >= 0.6 is 0 Å². The molecule has 1 heteroatoms. The Morgan fingerprint density at radius 2 is 1.08 bits per heavy atom. The highest BCUT2D eigenvalue weighted by molar-refractivity contribution is 6.34. The molecule has 1 heterocycles. The standard InChI is InChI=1S/C48H31N/c1-2-15-32-30(13-1)14-11-25-43(32)49-44-24-10-9-22-41(44)46-33(23-12-26-45(46)49)31-27-28-37-36-18-5-7-20-39(36)47-38-19-6-3-16-34(38)35-17-4-8-21-40(35)48(47)42(37)29-31/h1-2,4-15,17-29H,3,16H2. The summed E-state index contributed by atoms with van der Waals surface area (Å²) in [7, 11) is 0. The summed E-state index contributed by atoms with van der Waals surface area (Å²) in [6, 6.07) is 56.4. The molecule has 11 rings (SSSR count). The van der Waals surface area contributed by atoms with Gasteiger partial charge in [0.05, 0.1) is 16.7 Å². The van der Waals surface area contributed by atoms with Crippen molar-refractivity contribution in [3.63, 3.8) is 0 Å². The third-order valence-electron chi connectivity index (χ3n) is 11.0. The number of allylic oxidation sites excluding steroid dienone is 1. The van der Waals surface area contributed by atoms with Crippen molar-refractivity contribution in [3.8, 4) is 16.8 Å². The Morgan fingerprint density at radius 1 is 0.429 bits per heavy atom. The molecule has 1 aromatic heterocycles. The fourth-order valence-corrected chi connectivity index (χ4v) is 8.98. The average molecular weight is 622 g/mol. The van der Waals surface area contributed by atoms with Gasteiger partial charge in [-0.05, 0) is 108 Å². The van der Waals surface area contributed by atoms with Crippen LogP contribution in [0.4, 0.5) is 0 Å². The quantitative estimate of drug-likeness (QED) is 0.169. The summed E-state index contributed by atoms with van der Waals surface area (Å²) in [5.41, 5.74) is 9.04. The lowest BCUT2D eigenvalue weighted by Crippen LogP contribution is -1.99. The monoisotopic (exact) mass is 621 g/mol. The number of hydrogen-bond donors (Lipinski definition) is 0. The highest BCUT2D eigenvalue weighted by Gasteiger charge is 2.21. The second-order valence-electron chi connectivity index (χ2n) is 13.5. The fourth-order valence-electron chi connectivity index (χ4n) is 8.98. The van der Waals surface area contributed by atoms with Gasteiger partial charge >= 0.3 is 0 Å². The van der Waals surface area contributed by atoms with Crippen LogP contribution in [0.5, 0.6) is 0 Å². The molecule has 0 unspecified atom stereocenters. The molecule has 0 aliphatic heterocycles. The van der Waals surface area contributed by atoms with E-state index in [9.17, 15) is 0 Å². The maximum atomic E-state index is 2.48. The Labute approximate surface area is 284 Å². The first kappa shape index (κ1) is 26.8. The van der Waals surface area contributed by atoms with Gasteiger partial charge in [-0.2, -0.15) is 0 Å². The minimum Gasteiger partial charge on any atom is -0.309 e. The number of hydrogen-bond acceptors (Lipinski definition) is 0. The van der Waals surface area contributed by atoms with Crippen molar-refractivity contribution >= 4 is 81.7 Å². The molecule has 0 saturated carbocycles. The van der Waals surface area contributed by atoms with Crippen LogP contribution in [-0.4, -0.2) is 4.57 Å². The average Bonchev–Trinajstić information content (AvgIpc) is 3.51. The van der Waals surface area contributed by atoms with Crippen LogP contribution in [-0.2, 0) is 6.42 Å². The molecular formula is C48H31N. The third kappa shape index (κ3) is 3.70. The molecule has 0 amide bonds. The van der Waals surface area contributed by atoms with Crippen LogP contribution in [0.2, 0.25) is 0 Å². The van der Waals surface area contributed by atoms with E-state index in [1.165, 1.54) is 104 Å². The van der Waals surface area contributed by atoms with E-state index in [1.807, 2.05) is 0 Å². The van der Waals surface area contributed by atoms with Gasteiger partial charge in [0.2, 0.25) is 0 Å². The third-order valence-corrected chi connectivity index (χ3v) is 11.0. The van der Waals surface area contributed by atoms with Crippen LogP contribution < -0.4 is 0 Å². The highest BCUT2D eigenvalue weighted by atomic mass is 15.0. The van der Waals surface area contributed by atoms with E-state index in [4.69, 9.17) is 0 Å². The number of aryl methyl sites for hydroxylation is 1. The van der Waals surface area contributed by atoms with Crippen LogP contribution in [0.15, 0.2) is 158 Å². The predicted octanol–water partition coefficient (Wildman–Crippen LogP) is 13.2. The van der Waals surface area contributed by atoms with Crippen molar-refractivity contribution in [1.29, 1.82) is 0 Å². The van der Waals surface area contributed by atoms with Gasteiger partial charge in [-0.25, -0.2) is 0 Å². The Bertz CT molecular complexity index is 3040.